The molecule has 2 aromatic rings. The quantitative estimate of drug-likeness (QED) is 0.871. The van der Waals surface area contributed by atoms with Crippen molar-refractivity contribution in [3.05, 3.63) is 59.7 Å². The van der Waals surface area contributed by atoms with E-state index < -0.39 is 6.09 Å². The first-order valence-corrected chi connectivity index (χ1v) is 6.98. The summed E-state index contributed by atoms with van der Waals surface area (Å²) < 4.78 is 4.55. The summed E-state index contributed by atoms with van der Waals surface area (Å²) in [7, 11) is 1.34. The lowest BCUT2D eigenvalue weighted by Gasteiger charge is -2.11. The summed E-state index contributed by atoms with van der Waals surface area (Å²) in [5, 5.41) is 6.01. The minimum absolute atomic E-state index is 0.465. The lowest BCUT2D eigenvalue weighted by atomic mass is 10.1. The smallest absolute Gasteiger partial charge is 0.411 e. The highest BCUT2D eigenvalue weighted by atomic mass is 16.5. The summed E-state index contributed by atoms with van der Waals surface area (Å²) in [5.41, 5.74) is 4.38. The number of rotatable bonds is 5. The van der Waals surface area contributed by atoms with Gasteiger partial charge in [-0.3, -0.25) is 5.32 Å². The fourth-order valence-electron chi connectivity index (χ4n) is 2.11. The van der Waals surface area contributed by atoms with Crippen molar-refractivity contribution in [1.82, 2.24) is 0 Å². The normalized spacial score (nSPS) is 10.0. The number of anilines is 2. The molecule has 1 amide bonds. The van der Waals surface area contributed by atoms with E-state index in [0.717, 1.165) is 18.7 Å². The van der Waals surface area contributed by atoms with Gasteiger partial charge in [-0.1, -0.05) is 31.2 Å². The molecule has 2 rings (SSSR count). The highest BCUT2D eigenvalue weighted by molar-refractivity contribution is 5.84. The van der Waals surface area contributed by atoms with Crippen molar-refractivity contribution in [1.29, 1.82) is 0 Å². The van der Waals surface area contributed by atoms with Crippen LogP contribution in [0.2, 0.25) is 0 Å². The Labute approximate surface area is 125 Å². The predicted octanol–water partition coefficient (Wildman–Crippen LogP) is 4.04. The van der Waals surface area contributed by atoms with Gasteiger partial charge in [-0.05, 0) is 41.8 Å². The van der Waals surface area contributed by atoms with Crippen molar-refractivity contribution in [2.75, 3.05) is 17.7 Å². The molecule has 0 unspecified atom stereocenters. The number of hydrogen-bond acceptors (Lipinski definition) is 3. The van der Waals surface area contributed by atoms with Crippen LogP contribution in [-0.4, -0.2) is 13.2 Å². The Kier molecular flexibility index (Phi) is 5.21. The third kappa shape index (κ3) is 4.24. The van der Waals surface area contributed by atoms with Gasteiger partial charge in [-0.25, -0.2) is 4.79 Å². The highest BCUT2D eigenvalue weighted by Gasteiger charge is 2.02. The van der Waals surface area contributed by atoms with Crippen LogP contribution in [0.5, 0.6) is 0 Å². The van der Waals surface area contributed by atoms with Crippen molar-refractivity contribution < 1.29 is 9.53 Å². The second-order valence-electron chi connectivity index (χ2n) is 4.67. The molecule has 0 radical (unpaired) electrons. The van der Waals surface area contributed by atoms with Gasteiger partial charge in [0, 0.05) is 17.9 Å². The number of hydrogen-bond donors (Lipinski definition) is 2. The molecule has 0 bridgehead atoms. The number of carbonyl (C=O) groups excluding carboxylic acids is 1. The molecule has 0 saturated carbocycles. The fourth-order valence-corrected chi connectivity index (χ4v) is 2.11. The molecule has 0 aliphatic carbocycles. The summed E-state index contributed by atoms with van der Waals surface area (Å²) in [5.74, 6) is 0. The van der Waals surface area contributed by atoms with Gasteiger partial charge in [0.05, 0.1) is 7.11 Å². The monoisotopic (exact) mass is 284 g/mol. The Morgan fingerprint density at radius 2 is 1.62 bits per heavy atom. The molecule has 4 heteroatoms. The van der Waals surface area contributed by atoms with E-state index in [1.54, 1.807) is 0 Å². The maximum absolute atomic E-state index is 11.1. The SMILES string of the molecule is CCc1ccccc1CNc1ccc(NC(=O)OC)cc1. The van der Waals surface area contributed by atoms with Crippen LogP contribution in [0.15, 0.2) is 48.5 Å². The number of benzene rings is 2. The number of carbonyl (C=O) groups is 1. The van der Waals surface area contributed by atoms with Crippen LogP contribution >= 0.6 is 0 Å². The lowest BCUT2D eigenvalue weighted by Crippen LogP contribution is -2.10. The van der Waals surface area contributed by atoms with Crippen LogP contribution in [-0.2, 0) is 17.7 Å². The molecule has 0 heterocycles. The molecule has 2 aromatic carbocycles. The third-order valence-electron chi connectivity index (χ3n) is 3.30. The average molecular weight is 284 g/mol. The van der Waals surface area contributed by atoms with Crippen molar-refractivity contribution in [2.24, 2.45) is 0 Å². The minimum atomic E-state index is -0.465. The zero-order valence-corrected chi connectivity index (χ0v) is 12.3. The number of nitrogens with one attached hydrogen (secondary N) is 2. The predicted molar refractivity (Wildman–Crippen MR) is 85.6 cm³/mol. The molecule has 0 fully saturated rings. The van der Waals surface area contributed by atoms with E-state index in [-0.39, 0.29) is 0 Å². The highest BCUT2D eigenvalue weighted by Crippen LogP contribution is 2.16. The van der Waals surface area contributed by atoms with Crippen LogP contribution in [0.4, 0.5) is 16.2 Å². The fraction of sp³-hybridized carbons (Fsp3) is 0.235. The van der Waals surface area contributed by atoms with Gasteiger partial charge in [0.2, 0.25) is 0 Å². The molecule has 0 saturated heterocycles. The van der Waals surface area contributed by atoms with Crippen LogP contribution in [0.3, 0.4) is 0 Å². The Hall–Kier alpha value is -2.49. The molecular weight excluding hydrogens is 264 g/mol. The molecule has 21 heavy (non-hydrogen) atoms. The van der Waals surface area contributed by atoms with Gasteiger partial charge >= 0.3 is 6.09 Å². The molecule has 4 nitrogen and oxygen atoms in total. The van der Waals surface area contributed by atoms with Crippen LogP contribution in [0.1, 0.15) is 18.1 Å². The second kappa shape index (κ2) is 7.33. The summed E-state index contributed by atoms with van der Waals surface area (Å²) in [6.45, 7) is 2.94. The van der Waals surface area contributed by atoms with Crippen LogP contribution in [0.25, 0.3) is 0 Å². The Bertz CT molecular complexity index is 594. The standard InChI is InChI=1S/C17H20N2O2/c1-3-13-6-4-5-7-14(13)12-18-15-8-10-16(11-9-15)19-17(20)21-2/h4-11,18H,3,12H2,1-2H3,(H,19,20). The zero-order valence-electron chi connectivity index (χ0n) is 12.3. The Morgan fingerprint density at radius 3 is 2.24 bits per heavy atom. The molecule has 0 aromatic heterocycles. The molecule has 110 valence electrons. The Morgan fingerprint density at radius 1 is 1.00 bits per heavy atom. The van der Waals surface area contributed by atoms with Gasteiger partial charge in [-0.2, -0.15) is 0 Å². The summed E-state index contributed by atoms with van der Waals surface area (Å²) in [6.07, 6.45) is 0.562. The summed E-state index contributed by atoms with van der Waals surface area (Å²) >= 11 is 0. The van der Waals surface area contributed by atoms with E-state index in [9.17, 15) is 4.79 Å². The first-order valence-electron chi connectivity index (χ1n) is 6.98. The van der Waals surface area contributed by atoms with Gasteiger partial charge in [-0.15, -0.1) is 0 Å². The van der Waals surface area contributed by atoms with Crippen molar-refractivity contribution >= 4 is 17.5 Å². The molecule has 0 atom stereocenters. The van der Waals surface area contributed by atoms with E-state index in [4.69, 9.17) is 0 Å². The van der Waals surface area contributed by atoms with E-state index in [2.05, 4.69) is 46.6 Å². The largest absolute Gasteiger partial charge is 0.453 e. The van der Waals surface area contributed by atoms with Gasteiger partial charge < -0.3 is 10.1 Å². The van der Waals surface area contributed by atoms with Gasteiger partial charge in [0.25, 0.3) is 0 Å². The number of amides is 1. The van der Waals surface area contributed by atoms with E-state index in [0.29, 0.717) is 5.69 Å². The number of aryl methyl sites for hydroxylation is 1. The van der Waals surface area contributed by atoms with Crippen molar-refractivity contribution in [3.63, 3.8) is 0 Å². The maximum atomic E-state index is 11.1. The molecule has 0 aliphatic rings. The average Bonchev–Trinajstić information content (AvgIpc) is 2.54. The molecule has 0 aliphatic heterocycles. The van der Waals surface area contributed by atoms with E-state index in [1.807, 2.05) is 24.3 Å². The minimum Gasteiger partial charge on any atom is -0.453 e. The number of ether oxygens (including phenoxy) is 1. The Balaban J connectivity index is 1.96. The first-order chi connectivity index (χ1) is 10.2. The molecule has 2 N–H and O–H groups in total. The number of methoxy groups -OCH3 is 1. The lowest BCUT2D eigenvalue weighted by molar-refractivity contribution is 0.187. The third-order valence-corrected chi connectivity index (χ3v) is 3.30. The van der Waals surface area contributed by atoms with E-state index in [1.165, 1.54) is 18.2 Å². The maximum Gasteiger partial charge on any atom is 0.411 e. The van der Waals surface area contributed by atoms with Crippen molar-refractivity contribution in [2.45, 2.75) is 19.9 Å². The topological polar surface area (TPSA) is 50.4 Å². The zero-order chi connectivity index (χ0) is 15.1. The molecular formula is C17H20N2O2. The van der Waals surface area contributed by atoms with Gasteiger partial charge in [0.1, 0.15) is 0 Å². The second-order valence-corrected chi connectivity index (χ2v) is 4.67. The van der Waals surface area contributed by atoms with Crippen LogP contribution in [0, 0.1) is 0 Å². The van der Waals surface area contributed by atoms with Crippen molar-refractivity contribution in [3.8, 4) is 0 Å². The van der Waals surface area contributed by atoms with E-state index >= 15 is 0 Å². The van der Waals surface area contributed by atoms with Crippen LogP contribution < -0.4 is 10.6 Å². The van der Waals surface area contributed by atoms with Gasteiger partial charge in [0.15, 0.2) is 0 Å². The summed E-state index contributed by atoms with van der Waals surface area (Å²) in [4.78, 5) is 11.1. The summed E-state index contributed by atoms with van der Waals surface area (Å²) in [6, 6.07) is 15.9. The molecule has 0 spiro atoms. The first kappa shape index (κ1) is 14.9.